The summed E-state index contributed by atoms with van der Waals surface area (Å²) in [6.07, 6.45) is 2.58. The van der Waals surface area contributed by atoms with E-state index in [-0.39, 0.29) is 6.04 Å². The van der Waals surface area contributed by atoms with Crippen LogP contribution in [0.5, 0.6) is 0 Å². The van der Waals surface area contributed by atoms with E-state index in [1.165, 1.54) is 5.56 Å². The van der Waals surface area contributed by atoms with Gasteiger partial charge in [-0.2, -0.15) is 5.10 Å². The molecule has 0 aromatic carbocycles. The first-order chi connectivity index (χ1) is 8.60. The van der Waals surface area contributed by atoms with Gasteiger partial charge in [-0.05, 0) is 37.6 Å². The maximum atomic E-state index is 5.64. The molecular formula is C13H19N5. The van der Waals surface area contributed by atoms with Gasteiger partial charge in [0.1, 0.15) is 0 Å². The molecule has 2 aromatic heterocycles. The molecule has 0 amide bonds. The molecule has 0 radical (unpaired) electrons. The fourth-order valence-corrected chi connectivity index (χ4v) is 2.06. The molecule has 0 fully saturated rings. The number of hydrogen-bond donors (Lipinski definition) is 2. The molecule has 18 heavy (non-hydrogen) atoms. The lowest BCUT2D eigenvalue weighted by Gasteiger charge is -2.15. The van der Waals surface area contributed by atoms with E-state index < -0.39 is 0 Å². The molecule has 1 unspecified atom stereocenters. The average Bonchev–Trinajstić information content (AvgIpc) is 2.64. The fourth-order valence-electron chi connectivity index (χ4n) is 2.06. The number of nitrogens with zero attached hydrogens (tertiary/aromatic N) is 3. The lowest BCUT2D eigenvalue weighted by molar-refractivity contribution is 0.518. The van der Waals surface area contributed by atoms with E-state index in [9.17, 15) is 0 Å². The van der Waals surface area contributed by atoms with Gasteiger partial charge in [-0.15, -0.1) is 0 Å². The lowest BCUT2D eigenvalue weighted by atomic mass is 10.1. The van der Waals surface area contributed by atoms with Gasteiger partial charge in [0, 0.05) is 25.4 Å². The number of aromatic nitrogens is 3. The number of nitrogens with two attached hydrogens (primary N) is 1. The van der Waals surface area contributed by atoms with Gasteiger partial charge >= 0.3 is 0 Å². The highest BCUT2D eigenvalue weighted by atomic mass is 15.3. The van der Waals surface area contributed by atoms with Gasteiger partial charge in [-0.3, -0.25) is 20.9 Å². The Morgan fingerprint density at radius 3 is 2.72 bits per heavy atom. The minimum absolute atomic E-state index is 0.000278. The second-order valence-electron chi connectivity index (χ2n) is 4.58. The molecule has 1 atom stereocenters. The third-order valence-corrected chi connectivity index (χ3v) is 3.01. The van der Waals surface area contributed by atoms with Crippen molar-refractivity contribution in [3.8, 4) is 0 Å². The zero-order valence-corrected chi connectivity index (χ0v) is 11.0. The van der Waals surface area contributed by atoms with Crippen LogP contribution in [0, 0.1) is 13.8 Å². The number of hydrazine groups is 1. The van der Waals surface area contributed by atoms with Crippen LogP contribution in [0.4, 0.5) is 0 Å². The van der Waals surface area contributed by atoms with Gasteiger partial charge in [0.15, 0.2) is 0 Å². The quantitative estimate of drug-likeness (QED) is 0.627. The van der Waals surface area contributed by atoms with Gasteiger partial charge in [0.05, 0.1) is 17.4 Å². The molecule has 2 heterocycles. The number of rotatable bonds is 4. The normalized spacial score (nSPS) is 12.7. The van der Waals surface area contributed by atoms with Crippen LogP contribution in [-0.2, 0) is 13.5 Å². The Labute approximate surface area is 107 Å². The monoisotopic (exact) mass is 245 g/mol. The van der Waals surface area contributed by atoms with E-state index in [1.807, 2.05) is 43.9 Å². The molecule has 0 saturated heterocycles. The van der Waals surface area contributed by atoms with Crippen molar-refractivity contribution >= 4 is 0 Å². The number of aryl methyl sites for hydroxylation is 3. The van der Waals surface area contributed by atoms with E-state index in [1.54, 1.807) is 0 Å². The van der Waals surface area contributed by atoms with E-state index >= 15 is 0 Å². The van der Waals surface area contributed by atoms with Crippen molar-refractivity contribution in [2.75, 3.05) is 0 Å². The molecule has 96 valence electrons. The van der Waals surface area contributed by atoms with Crippen LogP contribution in [0.3, 0.4) is 0 Å². The van der Waals surface area contributed by atoms with Crippen molar-refractivity contribution in [3.05, 3.63) is 47.0 Å². The zero-order valence-electron chi connectivity index (χ0n) is 11.0. The fraction of sp³-hybridized carbons (Fsp3) is 0.385. The Kier molecular flexibility index (Phi) is 3.74. The molecule has 2 aromatic rings. The molecule has 0 saturated carbocycles. The lowest BCUT2D eigenvalue weighted by Crippen LogP contribution is -2.30. The summed E-state index contributed by atoms with van der Waals surface area (Å²) in [5, 5.41) is 4.34. The number of pyridine rings is 1. The molecule has 5 nitrogen and oxygen atoms in total. The predicted octanol–water partition coefficient (Wildman–Crippen LogP) is 1.18. The van der Waals surface area contributed by atoms with Crippen molar-refractivity contribution in [1.29, 1.82) is 0 Å². The summed E-state index contributed by atoms with van der Waals surface area (Å²) in [4.78, 5) is 4.37. The predicted molar refractivity (Wildman–Crippen MR) is 70.7 cm³/mol. The highest BCUT2D eigenvalue weighted by Gasteiger charge is 2.14. The summed E-state index contributed by atoms with van der Waals surface area (Å²) >= 11 is 0. The van der Waals surface area contributed by atoms with Gasteiger partial charge in [-0.25, -0.2) is 0 Å². The number of nitrogens with one attached hydrogen (secondary N) is 1. The Morgan fingerprint density at radius 2 is 2.17 bits per heavy atom. The molecule has 0 aliphatic heterocycles. The third kappa shape index (κ3) is 2.75. The third-order valence-electron chi connectivity index (χ3n) is 3.01. The molecule has 0 aliphatic carbocycles. The first-order valence-electron chi connectivity index (χ1n) is 5.98. The van der Waals surface area contributed by atoms with Crippen molar-refractivity contribution in [2.45, 2.75) is 26.3 Å². The van der Waals surface area contributed by atoms with Crippen molar-refractivity contribution in [3.63, 3.8) is 0 Å². The van der Waals surface area contributed by atoms with Crippen LogP contribution in [0.25, 0.3) is 0 Å². The largest absolute Gasteiger partial charge is 0.272 e. The smallest absolute Gasteiger partial charge is 0.0687 e. The molecule has 5 heteroatoms. The summed E-state index contributed by atoms with van der Waals surface area (Å²) in [6.45, 7) is 4.03. The van der Waals surface area contributed by atoms with E-state index in [2.05, 4.69) is 21.6 Å². The van der Waals surface area contributed by atoms with E-state index in [0.717, 1.165) is 23.5 Å². The second kappa shape index (κ2) is 5.29. The Hall–Kier alpha value is -1.72. The van der Waals surface area contributed by atoms with Crippen molar-refractivity contribution in [2.24, 2.45) is 12.9 Å². The summed E-state index contributed by atoms with van der Waals surface area (Å²) in [6, 6.07) is 6.10. The SMILES string of the molecule is Cc1ccnc(C(Cc2cc(C)nn2C)NN)c1. The van der Waals surface area contributed by atoms with Crippen LogP contribution < -0.4 is 11.3 Å². The second-order valence-corrected chi connectivity index (χ2v) is 4.58. The van der Waals surface area contributed by atoms with Gasteiger partial charge in [-0.1, -0.05) is 0 Å². The Balaban J connectivity index is 2.22. The highest BCUT2D eigenvalue weighted by Crippen LogP contribution is 2.17. The summed E-state index contributed by atoms with van der Waals surface area (Å²) in [5.41, 5.74) is 7.12. The summed E-state index contributed by atoms with van der Waals surface area (Å²) in [7, 11) is 1.94. The summed E-state index contributed by atoms with van der Waals surface area (Å²) < 4.78 is 1.88. The Bertz CT molecular complexity index is 532. The first kappa shape index (κ1) is 12.7. The minimum Gasteiger partial charge on any atom is -0.272 e. The highest BCUT2D eigenvalue weighted by molar-refractivity contribution is 5.20. The molecule has 0 spiro atoms. The topological polar surface area (TPSA) is 68.8 Å². The van der Waals surface area contributed by atoms with Crippen molar-refractivity contribution < 1.29 is 0 Å². The van der Waals surface area contributed by atoms with Gasteiger partial charge < -0.3 is 0 Å². The minimum atomic E-state index is -0.000278. The van der Waals surface area contributed by atoms with Gasteiger partial charge in [0.2, 0.25) is 0 Å². The average molecular weight is 245 g/mol. The maximum absolute atomic E-state index is 5.64. The number of hydrogen-bond acceptors (Lipinski definition) is 4. The van der Waals surface area contributed by atoms with Crippen LogP contribution in [0.2, 0.25) is 0 Å². The molecular weight excluding hydrogens is 226 g/mol. The van der Waals surface area contributed by atoms with Crippen LogP contribution in [-0.4, -0.2) is 14.8 Å². The van der Waals surface area contributed by atoms with Crippen LogP contribution in [0.15, 0.2) is 24.4 Å². The zero-order chi connectivity index (χ0) is 13.1. The molecule has 2 rings (SSSR count). The van der Waals surface area contributed by atoms with E-state index in [4.69, 9.17) is 5.84 Å². The first-order valence-corrected chi connectivity index (χ1v) is 5.98. The molecule has 0 bridgehead atoms. The van der Waals surface area contributed by atoms with E-state index in [0.29, 0.717) is 0 Å². The van der Waals surface area contributed by atoms with Crippen LogP contribution in [0.1, 0.15) is 28.7 Å². The molecule has 0 aliphatic rings. The molecule has 3 N–H and O–H groups in total. The van der Waals surface area contributed by atoms with Crippen LogP contribution >= 0.6 is 0 Å². The standard InChI is InChI=1S/C13H19N5/c1-9-4-5-15-12(6-9)13(16-14)8-11-7-10(2)17-18(11)3/h4-7,13,16H,8,14H2,1-3H3. The van der Waals surface area contributed by atoms with Crippen molar-refractivity contribution in [1.82, 2.24) is 20.2 Å². The maximum Gasteiger partial charge on any atom is 0.0687 e. The summed E-state index contributed by atoms with van der Waals surface area (Å²) in [5.74, 6) is 5.64. The Morgan fingerprint density at radius 1 is 1.39 bits per heavy atom. The van der Waals surface area contributed by atoms with Gasteiger partial charge in [0.25, 0.3) is 0 Å².